The Labute approximate surface area is 128 Å². The van der Waals surface area contributed by atoms with Crippen LogP contribution in [0, 0.1) is 10.1 Å². The summed E-state index contributed by atoms with van der Waals surface area (Å²) in [5.74, 6) is -1.08. The molecule has 8 heteroatoms. The summed E-state index contributed by atoms with van der Waals surface area (Å²) in [6.07, 6.45) is 0. The summed E-state index contributed by atoms with van der Waals surface area (Å²) in [4.78, 5) is 21.1. The van der Waals surface area contributed by atoms with Crippen LogP contribution in [0.4, 0.5) is 5.69 Å². The minimum Gasteiger partial charge on any atom is -0.478 e. The number of halogens is 2. The SMILES string of the molecule is O=C(O)c1ccc(Oc2ccc(Cl)cc2[N+](=O)[O-])c(Cl)c1. The normalized spacial score (nSPS) is 10.2. The van der Waals surface area contributed by atoms with E-state index < -0.39 is 10.9 Å². The van der Waals surface area contributed by atoms with Gasteiger partial charge in [-0.3, -0.25) is 10.1 Å². The molecule has 0 spiro atoms. The summed E-state index contributed by atoms with van der Waals surface area (Å²) >= 11 is 11.6. The molecular weight excluding hydrogens is 321 g/mol. The quantitative estimate of drug-likeness (QED) is 0.664. The molecule has 0 saturated heterocycles. The third kappa shape index (κ3) is 3.42. The number of hydrogen-bond donors (Lipinski definition) is 1. The Kier molecular flexibility index (Phi) is 4.30. The van der Waals surface area contributed by atoms with Gasteiger partial charge in [-0.25, -0.2) is 4.79 Å². The Bertz CT molecular complexity index is 732. The molecule has 21 heavy (non-hydrogen) atoms. The number of aromatic carboxylic acids is 1. The van der Waals surface area contributed by atoms with Crippen molar-refractivity contribution in [3.63, 3.8) is 0 Å². The number of nitro benzene ring substituents is 1. The van der Waals surface area contributed by atoms with E-state index in [0.29, 0.717) is 0 Å². The van der Waals surface area contributed by atoms with Gasteiger partial charge in [-0.05, 0) is 30.3 Å². The number of benzene rings is 2. The van der Waals surface area contributed by atoms with Crippen LogP contribution in [-0.2, 0) is 0 Å². The van der Waals surface area contributed by atoms with Gasteiger partial charge >= 0.3 is 11.7 Å². The average molecular weight is 328 g/mol. The van der Waals surface area contributed by atoms with Crippen molar-refractivity contribution in [3.05, 3.63) is 62.1 Å². The first-order valence-electron chi connectivity index (χ1n) is 5.53. The van der Waals surface area contributed by atoms with Gasteiger partial charge in [-0.1, -0.05) is 23.2 Å². The summed E-state index contributed by atoms with van der Waals surface area (Å²) < 4.78 is 5.37. The van der Waals surface area contributed by atoms with Crippen LogP contribution in [0.15, 0.2) is 36.4 Å². The van der Waals surface area contributed by atoms with Gasteiger partial charge in [0, 0.05) is 11.1 Å². The van der Waals surface area contributed by atoms with Crippen LogP contribution in [0.5, 0.6) is 11.5 Å². The molecule has 0 aliphatic rings. The van der Waals surface area contributed by atoms with Gasteiger partial charge in [-0.15, -0.1) is 0 Å². The van der Waals surface area contributed by atoms with Crippen LogP contribution >= 0.6 is 23.2 Å². The highest BCUT2D eigenvalue weighted by Gasteiger charge is 2.18. The lowest BCUT2D eigenvalue weighted by atomic mass is 10.2. The maximum absolute atomic E-state index is 10.9. The topological polar surface area (TPSA) is 89.7 Å². The van der Waals surface area contributed by atoms with Gasteiger partial charge in [0.15, 0.2) is 0 Å². The standard InChI is InChI=1S/C13H7Cl2NO5/c14-8-2-4-12(10(6-8)16(19)20)21-11-3-1-7(13(17)18)5-9(11)15/h1-6H,(H,17,18). The molecule has 6 nitrogen and oxygen atoms in total. The Morgan fingerprint density at radius 3 is 2.38 bits per heavy atom. The summed E-state index contributed by atoms with van der Waals surface area (Å²) in [6.45, 7) is 0. The predicted octanol–water partition coefficient (Wildman–Crippen LogP) is 4.39. The molecule has 108 valence electrons. The zero-order valence-electron chi connectivity index (χ0n) is 10.2. The number of carboxylic acids is 1. The first-order valence-corrected chi connectivity index (χ1v) is 6.28. The Morgan fingerprint density at radius 1 is 1.14 bits per heavy atom. The van der Waals surface area contributed by atoms with Gasteiger partial charge in [-0.2, -0.15) is 0 Å². The molecule has 0 aromatic heterocycles. The molecule has 0 unspecified atom stereocenters. The Balaban J connectivity index is 2.39. The van der Waals surface area contributed by atoms with E-state index in [1.165, 1.54) is 30.3 Å². The second-order valence-corrected chi connectivity index (χ2v) is 4.77. The zero-order valence-corrected chi connectivity index (χ0v) is 11.8. The average Bonchev–Trinajstić information content (AvgIpc) is 2.42. The number of ether oxygens (including phenoxy) is 1. The summed E-state index contributed by atoms with van der Waals surface area (Å²) in [6, 6.07) is 7.72. The van der Waals surface area contributed by atoms with Gasteiger partial charge in [0.1, 0.15) is 5.75 Å². The first-order chi connectivity index (χ1) is 9.88. The molecule has 0 saturated carbocycles. The van der Waals surface area contributed by atoms with E-state index in [1.807, 2.05) is 0 Å². The zero-order chi connectivity index (χ0) is 15.6. The molecule has 2 aromatic carbocycles. The van der Waals surface area contributed by atoms with E-state index in [2.05, 4.69) is 0 Å². The lowest BCUT2D eigenvalue weighted by Gasteiger charge is -2.08. The van der Waals surface area contributed by atoms with Crippen LogP contribution in [0.3, 0.4) is 0 Å². The third-order valence-electron chi connectivity index (χ3n) is 2.52. The number of nitrogens with zero attached hydrogens (tertiary/aromatic N) is 1. The lowest BCUT2D eigenvalue weighted by molar-refractivity contribution is -0.385. The van der Waals surface area contributed by atoms with E-state index >= 15 is 0 Å². The fourth-order valence-corrected chi connectivity index (χ4v) is 1.94. The molecule has 0 atom stereocenters. The molecular formula is C13H7Cl2NO5. The predicted molar refractivity (Wildman–Crippen MR) is 76.6 cm³/mol. The molecule has 2 rings (SSSR count). The minimum atomic E-state index is -1.14. The van der Waals surface area contributed by atoms with Crippen molar-refractivity contribution < 1.29 is 19.6 Å². The highest BCUT2D eigenvalue weighted by Crippen LogP contribution is 2.36. The van der Waals surface area contributed by atoms with Crippen molar-refractivity contribution in [1.29, 1.82) is 0 Å². The van der Waals surface area contributed by atoms with Crippen molar-refractivity contribution >= 4 is 34.9 Å². The maximum Gasteiger partial charge on any atom is 0.335 e. The van der Waals surface area contributed by atoms with Crippen LogP contribution in [0.25, 0.3) is 0 Å². The second-order valence-electron chi connectivity index (χ2n) is 3.92. The van der Waals surface area contributed by atoms with Crippen molar-refractivity contribution in [3.8, 4) is 11.5 Å². The maximum atomic E-state index is 10.9. The molecule has 0 aliphatic heterocycles. The lowest BCUT2D eigenvalue weighted by Crippen LogP contribution is -1.97. The molecule has 0 bridgehead atoms. The molecule has 0 aliphatic carbocycles. The van der Waals surface area contributed by atoms with E-state index in [4.69, 9.17) is 33.0 Å². The number of carbonyl (C=O) groups is 1. The Morgan fingerprint density at radius 2 is 1.81 bits per heavy atom. The first kappa shape index (κ1) is 15.1. The van der Waals surface area contributed by atoms with E-state index in [9.17, 15) is 14.9 Å². The van der Waals surface area contributed by atoms with Crippen molar-refractivity contribution in [2.45, 2.75) is 0 Å². The fraction of sp³-hybridized carbons (Fsp3) is 0. The van der Waals surface area contributed by atoms with E-state index in [0.717, 1.165) is 6.07 Å². The minimum absolute atomic E-state index is 0.0158. The smallest absolute Gasteiger partial charge is 0.335 e. The monoisotopic (exact) mass is 327 g/mol. The molecule has 0 fully saturated rings. The number of hydrogen-bond acceptors (Lipinski definition) is 4. The van der Waals surface area contributed by atoms with Gasteiger partial charge < -0.3 is 9.84 Å². The molecule has 0 heterocycles. The Hall–Kier alpha value is -2.31. The number of nitro groups is 1. The van der Waals surface area contributed by atoms with E-state index in [-0.39, 0.29) is 32.8 Å². The van der Waals surface area contributed by atoms with Gasteiger partial charge in [0.2, 0.25) is 5.75 Å². The van der Waals surface area contributed by atoms with Crippen molar-refractivity contribution in [2.24, 2.45) is 0 Å². The highest BCUT2D eigenvalue weighted by atomic mass is 35.5. The second kappa shape index (κ2) is 5.99. The highest BCUT2D eigenvalue weighted by molar-refractivity contribution is 6.32. The summed E-state index contributed by atoms with van der Waals surface area (Å²) in [5, 5.41) is 20.0. The van der Waals surface area contributed by atoms with E-state index in [1.54, 1.807) is 0 Å². The van der Waals surface area contributed by atoms with Crippen molar-refractivity contribution in [1.82, 2.24) is 0 Å². The van der Waals surface area contributed by atoms with Gasteiger partial charge in [0.05, 0.1) is 15.5 Å². The number of rotatable bonds is 4. The molecule has 0 radical (unpaired) electrons. The van der Waals surface area contributed by atoms with Crippen molar-refractivity contribution in [2.75, 3.05) is 0 Å². The van der Waals surface area contributed by atoms with Crippen LogP contribution in [0.1, 0.15) is 10.4 Å². The molecule has 0 amide bonds. The van der Waals surface area contributed by atoms with Crippen LogP contribution in [0.2, 0.25) is 10.0 Å². The number of carboxylic acid groups (broad SMARTS) is 1. The van der Waals surface area contributed by atoms with Crippen LogP contribution in [-0.4, -0.2) is 16.0 Å². The van der Waals surface area contributed by atoms with Crippen LogP contribution < -0.4 is 4.74 Å². The largest absolute Gasteiger partial charge is 0.478 e. The third-order valence-corrected chi connectivity index (χ3v) is 3.05. The summed E-state index contributed by atoms with van der Waals surface area (Å²) in [7, 11) is 0. The molecule has 2 aromatic rings. The molecule has 1 N–H and O–H groups in total. The van der Waals surface area contributed by atoms with Gasteiger partial charge in [0.25, 0.3) is 0 Å². The summed E-state index contributed by atoms with van der Waals surface area (Å²) in [5.41, 5.74) is -0.334. The fourth-order valence-electron chi connectivity index (χ4n) is 1.55.